The summed E-state index contributed by atoms with van der Waals surface area (Å²) in [6.07, 6.45) is 1.35. The van der Waals surface area contributed by atoms with E-state index in [1.165, 1.54) is 18.0 Å². The highest BCUT2D eigenvalue weighted by Gasteiger charge is 2.16. The Balaban J connectivity index is 2.15. The molecule has 2 aromatic rings. The van der Waals surface area contributed by atoms with Gasteiger partial charge in [0, 0.05) is 12.8 Å². The van der Waals surface area contributed by atoms with Gasteiger partial charge in [0.25, 0.3) is 5.22 Å². The lowest BCUT2D eigenvalue weighted by Crippen LogP contribution is -2.03. The van der Waals surface area contributed by atoms with Crippen LogP contribution in [0.3, 0.4) is 0 Å². The second-order valence-electron chi connectivity index (χ2n) is 3.84. The summed E-state index contributed by atoms with van der Waals surface area (Å²) >= 11 is 1.36. The van der Waals surface area contributed by atoms with Crippen molar-refractivity contribution in [3.8, 4) is 0 Å². The monoisotopic (exact) mass is 267 g/mol. The van der Waals surface area contributed by atoms with Crippen LogP contribution in [0.2, 0.25) is 0 Å². The largest absolute Gasteiger partial charge is 0.478 e. The van der Waals surface area contributed by atoms with Crippen molar-refractivity contribution in [1.29, 1.82) is 0 Å². The lowest BCUT2D eigenvalue weighted by Gasteiger charge is -2.01. The van der Waals surface area contributed by atoms with E-state index in [2.05, 4.69) is 10.1 Å². The highest BCUT2D eigenvalue weighted by atomic mass is 32.2. The molecule has 2 aromatic heterocycles. The van der Waals surface area contributed by atoms with E-state index in [0.717, 1.165) is 11.5 Å². The zero-order valence-corrected chi connectivity index (χ0v) is 11.1. The first-order valence-corrected chi connectivity index (χ1v) is 6.28. The smallest absolute Gasteiger partial charge is 0.339 e. The van der Waals surface area contributed by atoms with Crippen molar-refractivity contribution in [2.45, 2.75) is 24.8 Å². The molecule has 0 amide bonds. The van der Waals surface area contributed by atoms with Crippen LogP contribution < -0.4 is 0 Å². The fourth-order valence-corrected chi connectivity index (χ4v) is 2.44. The molecule has 2 heterocycles. The summed E-state index contributed by atoms with van der Waals surface area (Å²) in [5.41, 5.74) is 1.70. The standard InChI is InChI=1S/C11H13N3O3S/c1-6-7(2)17-11(13-6)18-5-9-8(10(15)16)4-12-14(9)3/h4H,5H2,1-3H3,(H,15,16). The van der Waals surface area contributed by atoms with Crippen molar-refractivity contribution in [1.82, 2.24) is 14.8 Å². The van der Waals surface area contributed by atoms with E-state index in [9.17, 15) is 4.79 Å². The number of oxazole rings is 1. The van der Waals surface area contributed by atoms with Crippen molar-refractivity contribution in [3.63, 3.8) is 0 Å². The van der Waals surface area contributed by atoms with Crippen LogP contribution in [0.25, 0.3) is 0 Å². The third kappa shape index (κ3) is 2.40. The number of carbonyl (C=O) groups is 1. The molecular formula is C11H13N3O3S. The molecule has 0 fully saturated rings. The lowest BCUT2D eigenvalue weighted by atomic mass is 10.3. The minimum atomic E-state index is -0.974. The van der Waals surface area contributed by atoms with Crippen molar-refractivity contribution < 1.29 is 14.3 Å². The van der Waals surface area contributed by atoms with E-state index >= 15 is 0 Å². The first-order chi connectivity index (χ1) is 8.49. The number of carboxylic acids is 1. The summed E-state index contributed by atoms with van der Waals surface area (Å²) in [5.74, 6) is 0.261. The average molecular weight is 267 g/mol. The maximum Gasteiger partial charge on any atom is 0.339 e. The molecule has 0 saturated carbocycles. The molecule has 6 nitrogen and oxygen atoms in total. The van der Waals surface area contributed by atoms with Crippen LogP contribution in [0.1, 0.15) is 27.5 Å². The molecule has 18 heavy (non-hydrogen) atoms. The molecule has 7 heteroatoms. The molecule has 0 aliphatic carbocycles. The van der Waals surface area contributed by atoms with Crippen molar-refractivity contribution in [2.75, 3.05) is 0 Å². The Kier molecular flexibility index (Phi) is 3.42. The van der Waals surface area contributed by atoms with Crippen molar-refractivity contribution in [2.24, 2.45) is 7.05 Å². The van der Waals surface area contributed by atoms with Gasteiger partial charge in [-0.1, -0.05) is 11.8 Å². The molecule has 0 atom stereocenters. The lowest BCUT2D eigenvalue weighted by molar-refractivity contribution is 0.0696. The van der Waals surface area contributed by atoms with E-state index in [0.29, 0.717) is 16.7 Å². The van der Waals surface area contributed by atoms with E-state index < -0.39 is 5.97 Å². The minimum absolute atomic E-state index is 0.213. The number of thioether (sulfide) groups is 1. The number of carboxylic acid groups (broad SMARTS) is 1. The predicted molar refractivity (Wildman–Crippen MR) is 65.7 cm³/mol. The number of hydrogen-bond donors (Lipinski definition) is 1. The van der Waals surface area contributed by atoms with Gasteiger partial charge in [-0.25, -0.2) is 9.78 Å². The van der Waals surface area contributed by atoms with E-state index in [-0.39, 0.29) is 5.56 Å². The summed E-state index contributed by atoms with van der Waals surface area (Å²) in [6.45, 7) is 3.72. The fraction of sp³-hybridized carbons (Fsp3) is 0.364. The van der Waals surface area contributed by atoms with E-state index in [1.807, 2.05) is 13.8 Å². The molecule has 0 aliphatic rings. The SMILES string of the molecule is Cc1nc(SCc2c(C(=O)O)cnn2C)oc1C. The molecule has 1 N–H and O–H groups in total. The van der Waals surface area contributed by atoms with Gasteiger partial charge in [0.2, 0.25) is 0 Å². The predicted octanol–water partition coefficient (Wildman–Crippen LogP) is 2.02. The molecule has 0 aliphatic heterocycles. The Morgan fingerprint density at radius 1 is 1.56 bits per heavy atom. The van der Waals surface area contributed by atoms with Gasteiger partial charge < -0.3 is 9.52 Å². The summed E-state index contributed by atoms with van der Waals surface area (Å²) < 4.78 is 6.98. The fourth-order valence-electron chi connectivity index (χ4n) is 1.45. The van der Waals surface area contributed by atoms with Gasteiger partial charge in [-0.2, -0.15) is 5.10 Å². The highest BCUT2D eigenvalue weighted by molar-refractivity contribution is 7.98. The number of hydrogen-bond acceptors (Lipinski definition) is 5. The van der Waals surface area contributed by atoms with Crippen LogP contribution >= 0.6 is 11.8 Å². The third-order valence-corrected chi connectivity index (χ3v) is 3.47. The summed E-state index contributed by atoms with van der Waals surface area (Å²) in [5, 5.41) is 13.5. The molecule has 0 radical (unpaired) electrons. The van der Waals surface area contributed by atoms with Gasteiger partial charge in [0.15, 0.2) is 0 Å². The Bertz CT molecular complexity index is 569. The highest BCUT2D eigenvalue weighted by Crippen LogP contribution is 2.25. The number of aryl methyl sites for hydroxylation is 3. The normalized spacial score (nSPS) is 10.8. The van der Waals surface area contributed by atoms with Gasteiger partial charge in [-0.3, -0.25) is 4.68 Å². The molecule has 0 spiro atoms. The Morgan fingerprint density at radius 3 is 2.83 bits per heavy atom. The number of aromatic carboxylic acids is 1. The average Bonchev–Trinajstić information content (AvgIpc) is 2.81. The van der Waals surface area contributed by atoms with Crippen molar-refractivity contribution in [3.05, 3.63) is 28.9 Å². The molecule has 96 valence electrons. The Hall–Kier alpha value is -1.76. The van der Waals surface area contributed by atoms with Crippen LogP contribution in [0.15, 0.2) is 15.8 Å². The Labute approximate surface area is 108 Å². The summed E-state index contributed by atoms with van der Waals surface area (Å²) in [7, 11) is 1.72. The van der Waals surface area contributed by atoms with Crippen molar-refractivity contribution >= 4 is 17.7 Å². The number of aromatic nitrogens is 3. The second-order valence-corrected chi connectivity index (χ2v) is 4.77. The number of nitrogens with zero attached hydrogens (tertiary/aromatic N) is 3. The quantitative estimate of drug-likeness (QED) is 0.853. The van der Waals surface area contributed by atoms with Gasteiger partial charge in [0.05, 0.1) is 17.6 Å². The summed E-state index contributed by atoms with van der Waals surface area (Å²) in [4.78, 5) is 15.2. The maximum atomic E-state index is 11.0. The molecule has 0 saturated heterocycles. The third-order valence-electron chi connectivity index (χ3n) is 2.63. The summed E-state index contributed by atoms with van der Waals surface area (Å²) in [6, 6.07) is 0. The van der Waals surface area contributed by atoms with E-state index in [1.54, 1.807) is 11.7 Å². The van der Waals surface area contributed by atoms with Gasteiger partial charge in [-0.05, 0) is 13.8 Å². The minimum Gasteiger partial charge on any atom is -0.478 e. The maximum absolute atomic E-state index is 11.0. The van der Waals surface area contributed by atoms with Crippen LogP contribution in [-0.2, 0) is 12.8 Å². The van der Waals surface area contributed by atoms with Gasteiger partial charge in [0.1, 0.15) is 11.3 Å². The van der Waals surface area contributed by atoms with Crippen LogP contribution in [0.5, 0.6) is 0 Å². The van der Waals surface area contributed by atoms with Crippen LogP contribution in [0, 0.1) is 13.8 Å². The van der Waals surface area contributed by atoms with Gasteiger partial charge in [-0.15, -0.1) is 0 Å². The Morgan fingerprint density at radius 2 is 2.28 bits per heavy atom. The van der Waals surface area contributed by atoms with Crippen LogP contribution in [0.4, 0.5) is 0 Å². The topological polar surface area (TPSA) is 81.1 Å². The second kappa shape index (κ2) is 4.85. The number of rotatable bonds is 4. The first kappa shape index (κ1) is 12.7. The zero-order valence-electron chi connectivity index (χ0n) is 10.3. The molecule has 0 bridgehead atoms. The molecule has 0 aromatic carbocycles. The van der Waals surface area contributed by atoms with Crippen LogP contribution in [-0.4, -0.2) is 25.8 Å². The zero-order chi connectivity index (χ0) is 13.3. The first-order valence-electron chi connectivity index (χ1n) is 5.30. The van der Waals surface area contributed by atoms with E-state index in [4.69, 9.17) is 9.52 Å². The molecule has 0 unspecified atom stereocenters. The van der Waals surface area contributed by atoms with Gasteiger partial charge >= 0.3 is 5.97 Å². The molecule has 2 rings (SSSR count). The molecular weight excluding hydrogens is 254 g/mol.